The summed E-state index contributed by atoms with van der Waals surface area (Å²) in [4.78, 5) is 4.91. The summed E-state index contributed by atoms with van der Waals surface area (Å²) >= 11 is 0. The smallest absolute Gasteiger partial charge is 0.0582 e. The SMILES string of the molecule is C=C/C=C\C(=C(C)C)c1ccc(N(c2cc(C)cc(C)c2)c2ccc3c(c2)C2(C=CC=C2)c2cc(N(c4ccccc4)c4ccc(-c5ccccc5C)c(C)c4)c4ccccc4c2-3)cc1C. The van der Waals surface area contributed by atoms with E-state index in [1.54, 1.807) is 0 Å². The summed E-state index contributed by atoms with van der Waals surface area (Å²) in [7, 11) is 0. The van der Waals surface area contributed by atoms with Crippen molar-refractivity contribution < 1.29 is 0 Å². The molecule has 10 rings (SSSR count). The van der Waals surface area contributed by atoms with E-state index in [9.17, 15) is 0 Å². The van der Waals surface area contributed by atoms with Gasteiger partial charge in [-0.2, -0.15) is 0 Å². The summed E-state index contributed by atoms with van der Waals surface area (Å²) < 4.78 is 0. The van der Waals surface area contributed by atoms with Crippen LogP contribution in [0.4, 0.5) is 34.1 Å². The van der Waals surface area contributed by atoms with Crippen molar-refractivity contribution in [2.75, 3.05) is 9.80 Å². The standard InChI is InChI=1S/C64H56N2/c1-9-10-23-53(42(2)3)55-30-27-49(38-46(55)7)65(52-36-43(4)35-44(5)37-52)51-29-32-59-60(40-51)64(33-18-19-34-64)61-41-62(57-25-16-17-26-58(57)63(59)61)66(48-21-12-11-13-22-48)50-28-31-56(47(8)39-50)54-24-15-14-20-45(54)6/h9-41H,1H2,2-8H3/b23-10-. The van der Waals surface area contributed by atoms with Crippen molar-refractivity contribution in [3.05, 3.63) is 257 Å². The average Bonchev–Trinajstić information content (AvgIpc) is 3.91. The van der Waals surface area contributed by atoms with Crippen LogP contribution in [-0.2, 0) is 5.41 Å². The van der Waals surface area contributed by atoms with E-state index in [4.69, 9.17) is 0 Å². The fraction of sp³-hybridized carbons (Fsp3) is 0.125. The van der Waals surface area contributed by atoms with Gasteiger partial charge in [-0.25, -0.2) is 0 Å². The van der Waals surface area contributed by atoms with Crippen LogP contribution in [0.3, 0.4) is 0 Å². The molecule has 2 aliphatic rings. The van der Waals surface area contributed by atoms with Crippen LogP contribution in [0.25, 0.3) is 38.6 Å². The molecule has 0 radical (unpaired) electrons. The molecule has 2 nitrogen and oxygen atoms in total. The highest BCUT2D eigenvalue weighted by Crippen LogP contribution is 2.58. The van der Waals surface area contributed by atoms with E-state index in [1.165, 1.54) is 88.7 Å². The number of nitrogens with zero attached hydrogens (tertiary/aromatic N) is 2. The van der Waals surface area contributed by atoms with Gasteiger partial charge in [-0.05, 0) is 193 Å². The lowest BCUT2D eigenvalue weighted by atomic mass is 9.79. The highest BCUT2D eigenvalue weighted by Gasteiger charge is 2.43. The van der Waals surface area contributed by atoms with Gasteiger partial charge in [0.2, 0.25) is 0 Å². The van der Waals surface area contributed by atoms with Crippen molar-refractivity contribution in [1.29, 1.82) is 0 Å². The van der Waals surface area contributed by atoms with Gasteiger partial charge in [0.25, 0.3) is 0 Å². The molecule has 0 amide bonds. The molecule has 0 N–H and O–H groups in total. The van der Waals surface area contributed by atoms with E-state index in [0.717, 1.165) is 34.1 Å². The third kappa shape index (κ3) is 7.24. The molecule has 8 aromatic carbocycles. The molecular weight excluding hydrogens is 797 g/mol. The van der Waals surface area contributed by atoms with Crippen LogP contribution in [0.1, 0.15) is 58.4 Å². The van der Waals surface area contributed by atoms with Gasteiger partial charge in [-0.15, -0.1) is 0 Å². The second-order valence-corrected chi connectivity index (χ2v) is 18.4. The van der Waals surface area contributed by atoms with Gasteiger partial charge in [-0.3, -0.25) is 0 Å². The molecule has 0 atom stereocenters. The Morgan fingerprint density at radius 1 is 0.485 bits per heavy atom. The van der Waals surface area contributed by atoms with Crippen molar-refractivity contribution in [3.8, 4) is 22.3 Å². The number of anilines is 6. The van der Waals surface area contributed by atoms with Gasteiger partial charge in [0.05, 0.1) is 11.1 Å². The van der Waals surface area contributed by atoms with E-state index in [0.29, 0.717) is 0 Å². The molecule has 0 fully saturated rings. The molecule has 8 aromatic rings. The highest BCUT2D eigenvalue weighted by molar-refractivity contribution is 6.11. The second kappa shape index (κ2) is 17.0. The molecule has 0 unspecified atom stereocenters. The third-order valence-electron chi connectivity index (χ3n) is 13.6. The van der Waals surface area contributed by atoms with Gasteiger partial charge >= 0.3 is 0 Å². The Morgan fingerprint density at radius 3 is 1.77 bits per heavy atom. The zero-order valence-corrected chi connectivity index (χ0v) is 39.2. The minimum atomic E-state index is -0.462. The fourth-order valence-corrected chi connectivity index (χ4v) is 10.6. The zero-order valence-electron chi connectivity index (χ0n) is 39.2. The summed E-state index contributed by atoms with van der Waals surface area (Å²) in [5, 5.41) is 2.46. The first-order chi connectivity index (χ1) is 32.1. The van der Waals surface area contributed by atoms with E-state index in [-0.39, 0.29) is 0 Å². The number of allylic oxidation sites excluding steroid dienone is 9. The van der Waals surface area contributed by atoms with E-state index >= 15 is 0 Å². The summed E-state index contributed by atoms with van der Waals surface area (Å²) in [6, 6.07) is 58.9. The van der Waals surface area contributed by atoms with Crippen LogP contribution in [0.2, 0.25) is 0 Å². The normalized spacial score (nSPS) is 13.1. The highest BCUT2D eigenvalue weighted by atomic mass is 15.1. The van der Waals surface area contributed by atoms with Crippen molar-refractivity contribution in [2.24, 2.45) is 0 Å². The number of hydrogen-bond donors (Lipinski definition) is 0. The summed E-state index contributed by atoms with van der Waals surface area (Å²) in [5.74, 6) is 0. The molecule has 0 saturated carbocycles. The van der Waals surface area contributed by atoms with Crippen LogP contribution < -0.4 is 9.80 Å². The zero-order chi connectivity index (χ0) is 45.7. The first-order valence-electron chi connectivity index (χ1n) is 23.1. The monoisotopic (exact) mass is 852 g/mol. The van der Waals surface area contributed by atoms with Crippen molar-refractivity contribution >= 4 is 50.5 Å². The number of para-hydroxylation sites is 1. The van der Waals surface area contributed by atoms with Crippen molar-refractivity contribution in [2.45, 2.75) is 53.9 Å². The number of aryl methyl sites for hydroxylation is 5. The minimum absolute atomic E-state index is 0.462. The number of hydrogen-bond acceptors (Lipinski definition) is 2. The Hall–Kier alpha value is -7.68. The molecular formula is C64H56N2. The van der Waals surface area contributed by atoms with Gasteiger partial charge in [0, 0.05) is 33.8 Å². The van der Waals surface area contributed by atoms with Gasteiger partial charge in [-0.1, -0.05) is 146 Å². The van der Waals surface area contributed by atoms with Crippen LogP contribution in [0, 0.1) is 34.6 Å². The lowest BCUT2D eigenvalue weighted by Crippen LogP contribution is -2.19. The van der Waals surface area contributed by atoms with E-state index in [1.807, 2.05) is 12.2 Å². The van der Waals surface area contributed by atoms with Crippen LogP contribution in [-0.4, -0.2) is 0 Å². The second-order valence-electron chi connectivity index (χ2n) is 18.4. The lowest BCUT2D eigenvalue weighted by molar-refractivity contribution is 0.859. The molecule has 66 heavy (non-hydrogen) atoms. The summed E-state index contributed by atoms with van der Waals surface area (Å²) in [5.41, 5.74) is 23.9. The number of fused-ring (bicyclic) bond motifs is 7. The molecule has 0 bridgehead atoms. The predicted octanol–water partition coefficient (Wildman–Crippen LogP) is 17.9. The van der Waals surface area contributed by atoms with E-state index in [2.05, 4.69) is 253 Å². The molecule has 0 aromatic heterocycles. The van der Waals surface area contributed by atoms with Crippen LogP contribution in [0.5, 0.6) is 0 Å². The Balaban J connectivity index is 1.17. The molecule has 2 heteroatoms. The minimum Gasteiger partial charge on any atom is -0.310 e. The van der Waals surface area contributed by atoms with Crippen molar-refractivity contribution in [3.63, 3.8) is 0 Å². The quantitative estimate of drug-likeness (QED) is 0.127. The van der Waals surface area contributed by atoms with E-state index < -0.39 is 5.41 Å². The number of rotatable bonds is 10. The first-order valence-corrected chi connectivity index (χ1v) is 23.1. The maximum Gasteiger partial charge on any atom is 0.0582 e. The molecule has 1 spiro atoms. The van der Waals surface area contributed by atoms with Crippen molar-refractivity contribution in [1.82, 2.24) is 0 Å². The largest absolute Gasteiger partial charge is 0.310 e. The van der Waals surface area contributed by atoms with Crippen LogP contribution >= 0.6 is 0 Å². The van der Waals surface area contributed by atoms with Gasteiger partial charge in [0.15, 0.2) is 0 Å². The third-order valence-corrected chi connectivity index (χ3v) is 13.6. The number of benzene rings is 8. The van der Waals surface area contributed by atoms with Crippen LogP contribution in [0.15, 0.2) is 212 Å². The lowest BCUT2D eigenvalue weighted by Gasteiger charge is -2.31. The maximum absolute atomic E-state index is 3.93. The summed E-state index contributed by atoms with van der Waals surface area (Å²) in [6.45, 7) is 19.3. The molecule has 322 valence electrons. The average molecular weight is 853 g/mol. The topological polar surface area (TPSA) is 6.48 Å². The maximum atomic E-state index is 3.93. The Labute approximate surface area is 391 Å². The first kappa shape index (κ1) is 42.3. The van der Waals surface area contributed by atoms with Gasteiger partial charge < -0.3 is 9.80 Å². The summed E-state index contributed by atoms with van der Waals surface area (Å²) in [6.07, 6.45) is 15.3. The fourth-order valence-electron chi connectivity index (χ4n) is 10.6. The van der Waals surface area contributed by atoms with Gasteiger partial charge in [0.1, 0.15) is 0 Å². The molecule has 0 saturated heterocycles. The Bertz CT molecular complexity index is 3320. The predicted molar refractivity (Wildman–Crippen MR) is 285 cm³/mol. The Kier molecular flexibility index (Phi) is 10.9. The Morgan fingerprint density at radius 2 is 1.09 bits per heavy atom. The molecule has 0 aliphatic heterocycles. The molecule has 0 heterocycles. The molecule has 2 aliphatic carbocycles.